The molecule has 0 bridgehead atoms. The van der Waals surface area contributed by atoms with Crippen LogP contribution in [0.4, 0.5) is 0 Å². The summed E-state index contributed by atoms with van der Waals surface area (Å²) >= 11 is 0. The Balaban J connectivity index is 2.87. The molecule has 1 saturated heterocycles. The molecule has 0 radical (unpaired) electrons. The number of carbonyl (C=O) groups is 1. The van der Waals surface area contributed by atoms with Crippen LogP contribution in [0.3, 0.4) is 0 Å². The summed E-state index contributed by atoms with van der Waals surface area (Å²) in [7, 11) is 0. The maximum absolute atomic E-state index is 11.2. The average molecular weight is 154 g/mol. The summed E-state index contributed by atoms with van der Waals surface area (Å²) < 4.78 is 0. The Morgan fingerprint density at radius 2 is 2.00 bits per heavy atom. The number of hydrogen-bond acceptors (Lipinski definition) is 2. The summed E-state index contributed by atoms with van der Waals surface area (Å²) in [5, 5.41) is 5.93. The van der Waals surface area contributed by atoms with Crippen molar-refractivity contribution in [3.8, 4) is 0 Å². The Morgan fingerprint density at radius 1 is 1.45 bits per heavy atom. The first-order chi connectivity index (χ1) is 4.90. The zero-order valence-corrected chi connectivity index (χ0v) is 7.19. The highest BCUT2D eigenvalue weighted by Crippen LogP contribution is 2.18. The van der Waals surface area contributed by atoms with Gasteiger partial charge in [0.05, 0.1) is 5.54 Å². The van der Waals surface area contributed by atoms with E-state index in [-0.39, 0.29) is 5.91 Å². The molecule has 0 saturated carbocycles. The molecule has 11 heavy (non-hydrogen) atoms. The van der Waals surface area contributed by atoms with Crippen LogP contribution in [0.15, 0.2) is 12.7 Å². The summed E-state index contributed by atoms with van der Waals surface area (Å²) in [6, 6.07) is 0. The van der Waals surface area contributed by atoms with E-state index >= 15 is 0 Å². The zero-order chi connectivity index (χ0) is 8.70. The molecule has 0 aromatic carbocycles. The van der Waals surface area contributed by atoms with Gasteiger partial charge in [0.2, 0.25) is 5.91 Å². The van der Waals surface area contributed by atoms with Crippen molar-refractivity contribution in [2.24, 2.45) is 0 Å². The molecule has 1 atom stereocenters. The SMILES string of the molecule is C=CC1(C)NC(=O)C(C)(C)N1. The Kier molecular flexibility index (Phi) is 1.56. The van der Waals surface area contributed by atoms with Crippen molar-refractivity contribution in [3.63, 3.8) is 0 Å². The first-order valence-corrected chi connectivity index (χ1v) is 3.65. The van der Waals surface area contributed by atoms with E-state index in [9.17, 15) is 4.79 Å². The number of hydrogen-bond donors (Lipinski definition) is 2. The number of nitrogens with one attached hydrogen (secondary N) is 2. The van der Waals surface area contributed by atoms with E-state index in [1.807, 2.05) is 20.8 Å². The van der Waals surface area contributed by atoms with Crippen LogP contribution in [0, 0.1) is 0 Å². The van der Waals surface area contributed by atoms with Crippen molar-refractivity contribution in [1.82, 2.24) is 10.6 Å². The summed E-state index contributed by atoms with van der Waals surface area (Å²) in [6.45, 7) is 9.21. The second-order valence-corrected chi connectivity index (χ2v) is 3.61. The van der Waals surface area contributed by atoms with Gasteiger partial charge in [-0.15, -0.1) is 0 Å². The van der Waals surface area contributed by atoms with Gasteiger partial charge in [-0.2, -0.15) is 0 Å². The van der Waals surface area contributed by atoms with Crippen LogP contribution in [0.25, 0.3) is 0 Å². The van der Waals surface area contributed by atoms with E-state index in [2.05, 4.69) is 17.2 Å². The van der Waals surface area contributed by atoms with Gasteiger partial charge in [-0.25, -0.2) is 0 Å². The largest absolute Gasteiger partial charge is 0.333 e. The highest BCUT2D eigenvalue weighted by atomic mass is 16.2. The quantitative estimate of drug-likeness (QED) is 0.536. The van der Waals surface area contributed by atoms with E-state index < -0.39 is 11.2 Å². The maximum Gasteiger partial charge on any atom is 0.241 e. The Morgan fingerprint density at radius 3 is 2.18 bits per heavy atom. The lowest BCUT2D eigenvalue weighted by Gasteiger charge is -2.22. The molecule has 3 heteroatoms. The van der Waals surface area contributed by atoms with E-state index in [1.54, 1.807) is 6.08 Å². The molecule has 3 nitrogen and oxygen atoms in total. The third-order valence-electron chi connectivity index (χ3n) is 1.92. The van der Waals surface area contributed by atoms with Gasteiger partial charge in [0.25, 0.3) is 0 Å². The van der Waals surface area contributed by atoms with Crippen molar-refractivity contribution in [3.05, 3.63) is 12.7 Å². The second kappa shape index (κ2) is 2.08. The Hall–Kier alpha value is -0.830. The maximum atomic E-state index is 11.2. The molecule has 62 valence electrons. The number of carbonyl (C=O) groups excluding carboxylic acids is 1. The molecule has 1 aliphatic heterocycles. The zero-order valence-electron chi connectivity index (χ0n) is 7.19. The van der Waals surface area contributed by atoms with Crippen molar-refractivity contribution < 1.29 is 4.79 Å². The first kappa shape index (κ1) is 8.27. The van der Waals surface area contributed by atoms with Gasteiger partial charge in [0, 0.05) is 0 Å². The van der Waals surface area contributed by atoms with Gasteiger partial charge in [-0.1, -0.05) is 12.7 Å². The molecule has 2 N–H and O–H groups in total. The van der Waals surface area contributed by atoms with Crippen molar-refractivity contribution >= 4 is 5.91 Å². The van der Waals surface area contributed by atoms with Crippen LogP contribution in [-0.4, -0.2) is 17.1 Å². The molecule has 0 aromatic heterocycles. The minimum atomic E-state index is -0.483. The average Bonchev–Trinajstić information content (AvgIpc) is 2.04. The monoisotopic (exact) mass is 154 g/mol. The molecule has 1 fully saturated rings. The fraction of sp³-hybridized carbons (Fsp3) is 0.625. The van der Waals surface area contributed by atoms with Gasteiger partial charge in [0.15, 0.2) is 0 Å². The summed E-state index contributed by atoms with van der Waals surface area (Å²) in [6.07, 6.45) is 1.69. The molecule has 1 unspecified atom stereocenters. The standard InChI is InChI=1S/C8H14N2O/c1-5-8(4)9-6(11)7(2,3)10-8/h5,10H,1H2,2-4H3,(H,9,11). The summed E-state index contributed by atoms with van der Waals surface area (Å²) in [4.78, 5) is 11.2. The van der Waals surface area contributed by atoms with Crippen molar-refractivity contribution in [1.29, 1.82) is 0 Å². The molecule has 0 aliphatic carbocycles. The van der Waals surface area contributed by atoms with E-state index in [0.717, 1.165) is 0 Å². The predicted octanol–water partition coefficient (Wildman–Crippen LogP) is 0.387. The van der Waals surface area contributed by atoms with Crippen LogP contribution in [0.2, 0.25) is 0 Å². The van der Waals surface area contributed by atoms with Gasteiger partial charge in [-0.05, 0) is 20.8 Å². The number of amides is 1. The molecular weight excluding hydrogens is 140 g/mol. The molecule has 0 aromatic rings. The van der Waals surface area contributed by atoms with Gasteiger partial charge in [0.1, 0.15) is 5.66 Å². The molecular formula is C8H14N2O. The minimum Gasteiger partial charge on any atom is -0.333 e. The van der Waals surface area contributed by atoms with E-state index in [4.69, 9.17) is 0 Å². The fourth-order valence-electron chi connectivity index (χ4n) is 1.23. The highest BCUT2D eigenvalue weighted by molar-refractivity contribution is 5.88. The van der Waals surface area contributed by atoms with Crippen molar-refractivity contribution in [2.75, 3.05) is 0 Å². The van der Waals surface area contributed by atoms with Gasteiger partial charge < -0.3 is 5.32 Å². The fourth-order valence-corrected chi connectivity index (χ4v) is 1.23. The third kappa shape index (κ3) is 1.28. The number of rotatable bonds is 1. The Bertz CT molecular complexity index is 210. The normalized spacial score (nSPS) is 35.0. The van der Waals surface area contributed by atoms with Crippen LogP contribution >= 0.6 is 0 Å². The van der Waals surface area contributed by atoms with Crippen LogP contribution in [0.1, 0.15) is 20.8 Å². The molecule has 1 amide bonds. The summed E-state index contributed by atoms with van der Waals surface area (Å²) in [5.74, 6) is 0.0138. The predicted molar refractivity (Wildman–Crippen MR) is 44.0 cm³/mol. The lowest BCUT2D eigenvalue weighted by Crippen LogP contribution is -2.47. The molecule has 1 rings (SSSR count). The molecule has 1 heterocycles. The topological polar surface area (TPSA) is 41.1 Å². The first-order valence-electron chi connectivity index (χ1n) is 3.65. The lowest BCUT2D eigenvalue weighted by atomic mass is 10.1. The highest BCUT2D eigenvalue weighted by Gasteiger charge is 2.43. The summed E-state index contributed by atoms with van der Waals surface area (Å²) in [5.41, 5.74) is -0.927. The second-order valence-electron chi connectivity index (χ2n) is 3.61. The molecule has 1 aliphatic rings. The van der Waals surface area contributed by atoms with Gasteiger partial charge in [-0.3, -0.25) is 10.1 Å². The minimum absolute atomic E-state index is 0.0138. The van der Waals surface area contributed by atoms with Crippen molar-refractivity contribution in [2.45, 2.75) is 32.0 Å². The van der Waals surface area contributed by atoms with Crippen LogP contribution < -0.4 is 10.6 Å². The van der Waals surface area contributed by atoms with Crippen LogP contribution in [-0.2, 0) is 4.79 Å². The van der Waals surface area contributed by atoms with E-state index in [1.165, 1.54) is 0 Å². The van der Waals surface area contributed by atoms with Gasteiger partial charge >= 0.3 is 0 Å². The molecule has 0 spiro atoms. The smallest absolute Gasteiger partial charge is 0.241 e. The lowest BCUT2D eigenvalue weighted by molar-refractivity contribution is -0.123. The van der Waals surface area contributed by atoms with E-state index in [0.29, 0.717) is 0 Å². The van der Waals surface area contributed by atoms with Crippen LogP contribution in [0.5, 0.6) is 0 Å². The third-order valence-corrected chi connectivity index (χ3v) is 1.92. The Labute approximate surface area is 66.9 Å².